The number of nitrogens with zero attached hydrogens (tertiary/aromatic N) is 2. The second-order valence-electron chi connectivity index (χ2n) is 6.59. The van der Waals surface area contributed by atoms with Gasteiger partial charge in [-0.2, -0.15) is 0 Å². The first-order valence-corrected chi connectivity index (χ1v) is 8.54. The van der Waals surface area contributed by atoms with E-state index in [4.69, 9.17) is 5.73 Å². The summed E-state index contributed by atoms with van der Waals surface area (Å²) in [6.45, 7) is 4.46. The number of hydrogen-bond donors (Lipinski definition) is 1. The van der Waals surface area contributed by atoms with Crippen LogP contribution >= 0.6 is 0 Å². The predicted molar refractivity (Wildman–Crippen MR) is 88.2 cm³/mol. The van der Waals surface area contributed by atoms with Crippen LogP contribution in [0.3, 0.4) is 0 Å². The van der Waals surface area contributed by atoms with Gasteiger partial charge in [0.05, 0.1) is 0 Å². The van der Waals surface area contributed by atoms with Crippen LogP contribution in [0.4, 0.5) is 0 Å². The maximum Gasteiger partial charge on any atom is 0.226 e. The lowest BCUT2D eigenvalue weighted by Crippen LogP contribution is -2.44. The van der Waals surface area contributed by atoms with E-state index in [9.17, 15) is 4.79 Å². The van der Waals surface area contributed by atoms with Crippen molar-refractivity contribution in [3.8, 4) is 0 Å². The Morgan fingerprint density at radius 2 is 1.82 bits per heavy atom. The van der Waals surface area contributed by atoms with E-state index in [1.165, 1.54) is 18.4 Å². The standard InChI is InChI=1S/C18H27N3O/c19-10-13-20-11-8-16(9-12-20)18(22)21(17-6-7-17)14-15-4-2-1-3-5-15/h1-5,16-17H,6-14,19H2. The molecule has 1 aliphatic carbocycles. The van der Waals surface area contributed by atoms with Crippen LogP contribution in [0.15, 0.2) is 30.3 Å². The van der Waals surface area contributed by atoms with Crippen LogP contribution in [-0.4, -0.2) is 47.9 Å². The van der Waals surface area contributed by atoms with Gasteiger partial charge in [-0.1, -0.05) is 30.3 Å². The lowest BCUT2D eigenvalue weighted by molar-refractivity contribution is -0.138. The van der Waals surface area contributed by atoms with Gasteiger partial charge in [0.25, 0.3) is 0 Å². The van der Waals surface area contributed by atoms with E-state index in [1.54, 1.807) is 0 Å². The topological polar surface area (TPSA) is 49.6 Å². The molecule has 1 saturated heterocycles. The minimum Gasteiger partial charge on any atom is -0.335 e. The first-order valence-electron chi connectivity index (χ1n) is 8.54. The molecule has 1 amide bonds. The van der Waals surface area contributed by atoms with E-state index >= 15 is 0 Å². The summed E-state index contributed by atoms with van der Waals surface area (Å²) in [6, 6.07) is 10.8. The third kappa shape index (κ3) is 3.87. The lowest BCUT2D eigenvalue weighted by Gasteiger charge is -2.34. The molecule has 4 heteroatoms. The van der Waals surface area contributed by atoms with E-state index in [1.807, 2.05) is 6.07 Å². The van der Waals surface area contributed by atoms with Gasteiger partial charge in [0.2, 0.25) is 5.91 Å². The zero-order valence-corrected chi connectivity index (χ0v) is 13.3. The van der Waals surface area contributed by atoms with Gasteiger partial charge in [-0.25, -0.2) is 0 Å². The van der Waals surface area contributed by atoms with Crippen LogP contribution in [-0.2, 0) is 11.3 Å². The summed E-state index contributed by atoms with van der Waals surface area (Å²) in [4.78, 5) is 17.4. The van der Waals surface area contributed by atoms with Crippen LogP contribution in [0, 0.1) is 5.92 Å². The van der Waals surface area contributed by atoms with Crippen molar-refractivity contribution in [1.29, 1.82) is 0 Å². The molecule has 120 valence electrons. The third-order valence-corrected chi connectivity index (χ3v) is 4.85. The van der Waals surface area contributed by atoms with E-state index in [0.29, 0.717) is 18.5 Å². The number of hydrogen-bond acceptors (Lipinski definition) is 3. The molecule has 1 aromatic rings. The van der Waals surface area contributed by atoms with E-state index in [0.717, 1.165) is 39.0 Å². The van der Waals surface area contributed by atoms with Crippen LogP contribution in [0.2, 0.25) is 0 Å². The normalized spacial score (nSPS) is 20.0. The highest BCUT2D eigenvalue weighted by molar-refractivity contribution is 5.79. The van der Waals surface area contributed by atoms with Gasteiger partial charge in [-0.15, -0.1) is 0 Å². The highest BCUT2D eigenvalue weighted by atomic mass is 16.2. The molecular formula is C18H27N3O. The second kappa shape index (κ2) is 7.25. The Morgan fingerprint density at radius 1 is 1.14 bits per heavy atom. The first kappa shape index (κ1) is 15.5. The Kier molecular flexibility index (Phi) is 5.11. The van der Waals surface area contributed by atoms with E-state index in [2.05, 4.69) is 34.1 Å². The fourth-order valence-corrected chi connectivity index (χ4v) is 3.37. The van der Waals surface area contributed by atoms with Gasteiger partial charge in [-0.3, -0.25) is 4.79 Å². The van der Waals surface area contributed by atoms with Crippen molar-refractivity contribution in [2.24, 2.45) is 11.7 Å². The Balaban J connectivity index is 1.59. The molecule has 0 aromatic heterocycles. The molecule has 0 spiro atoms. The molecular weight excluding hydrogens is 274 g/mol. The average molecular weight is 301 g/mol. The molecule has 0 atom stereocenters. The van der Waals surface area contributed by atoms with Gasteiger partial charge < -0.3 is 15.5 Å². The van der Waals surface area contributed by atoms with Gasteiger partial charge in [-0.05, 0) is 44.3 Å². The monoisotopic (exact) mass is 301 g/mol. The van der Waals surface area contributed by atoms with E-state index < -0.39 is 0 Å². The van der Waals surface area contributed by atoms with Crippen LogP contribution in [0.5, 0.6) is 0 Å². The maximum atomic E-state index is 12.9. The summed E-state index contributed by atoms with van der Waals surface area (Å²) in [5.41, 5.74) is 6.86. The van der Waals surface area contributed by atoms with Crippen molar-refractivity contribution in [1.82, 2.24) is 9.80 Å². The quantitative estimate of drug-likeness (QED) is 0.872. The predicted octanol–water partition coefficient (Wildman–Crippen LogP) is 1.85. The SMILES string of the molecule is NCCN1CCC(C(=O)N(Cc2ccccc2)C2CC2)CC1. The number of benzene rings is 1. The van der Waals surface area contributed by atoms with Gasteiger partial charge in [0.15, 0.2) is 0 Å². The van der Waals surface area contributed by atoms with Gasteiger partial charge in [0, 0.05) is 31.6 Å². The Bertz CT molecular complexity index is 478. The third-order valence-electron chi connectivity index (χ3n) is 4.85. The largest absolute Gasteiger partial charge is 0.335 e. The number of carbonyl (C=O) groups is 1. The van der Waals surface area contributed by atoms with Gasteiger partial charge in [0.1, 0.15) is 0 Å². The summed E-state index contributed by atoms with van der Waals surface area (Å²) in [7, 11) is 0. The Labute approximate surface area is 133 Å². The molecule has 0 unspecified atom stereocenters. The summed E-state index contributed by atoms with van der Waals surface area (Å²) in [5.74, 6) is 0.581. The maximum absolute atomic E-state index is 12.9. The lowest BCUT2D eigenvalue weighted by atomic mass is 9.95. The minimum atomic E-state index is 0.207. The smallest absolute Gasteiger partial charge is 0.226 e. The van der Waals surface area contributed by atoms with Crippen LogP contribution < -0.4 is 5.73 Å². The van der Waals surface area contributed by atoms with Crippen molar-refractivity contribution >= 4 is 5.91 Å². The molecule has 2 fully saturated rings. The fraction of sp³-hybridized carbons (Fsp3) is 0.611. The molecule has 22 heavy (non-hydrogen) atoms. The molecule has 0 bridgehead atoms. The summed E-state index contributed by atoms with van der Waals surface area (Å²) in [5, 5.41) is 0. The van der Waals surface area contributed by atoms with Crippen molar-refractivity contribution in [3.05, 3.63) is 35.9 Å². The zero-order chi connectivity index (χ0) is 15.4. The first-order chi connectivity index (χ1) is 10.8. The molecule has 4 nitrogen and oxygen atoms in total. The van der Waals surface area contributed by atoms with Crippen molar-refractivity contribution in [2.75, 3.05) is 26.2 Å². The molecule has 3 rings (SSSR count). The highest BCUT2D eigenvalue weighted by Gasteiger charge is 2.36. The zero-order valence-electron chi connectivity index (χ0n) is 13.3. The molecule has 0 radical (unpaired) electrons. The van der Waals surface area contributed by atoms with Crippen LogP contribution in [0.25, 0.3) is 0 Å². The molecule has 1 heterocycles. The number of carbonyl (C=O) groups excluding carboxylic acids is 1. The molecule has 1 aliphatic heterocycles. The average Bonchev–Trinajstić information content (AvgIpc) is 3.39. The Hall–Kier alpha value is -1.39. The Morgan fingerprint density at radius 3 is 2.41 bits per heavy atom. The van der Waals surface area contributed by atoms with Crippen molar-refractivity contribution in [3.63, 3.8) is 0 Å². The molecule has 1 saturated carbocycles. The van der Waals surface area contributed by atoms with E-state index in [-0.39, 0.29) is 5.92 Å². The number of rotatable bonds is 6. The molecule has 2 aliphatic rings. The summed E-state index contributed by atoms with van der Waals surface area (Å²) < 4.78 is 0. The number of piperidine rings is 1. The molecule has 2 N–H and O–H groups in total. The fourth-order valence-electron chi connectivity index (χ4n) is 3.37. The highest BCUT2D eigenvalue weighted by Crippen LogP contribution is 2.31. The number of amides is 1. The van der Waals surface area contributed by atoms with Crippen LogP contribution in [0.1, 0.15) is 31.2 Å². The summed E-state index contributed by atoms with van der Waals surface area (Å²) in [6.07, 6.45) is 4.31. The minimum absolute atomic E-state index is 0.207. The second-order valence-corrected chi connectivity index (χ2v) is 6.59. The van der Waals surface area contributed by atoms with Crippen molar-refractivity contribution in [2.45, 2.75) is 38.3 Å². The van der Waals surface area contributed by atoms with Gasteiger partial charge >= 0.3 is 0 Å². The summed E-state index contributed by atoms with van der Waals surface area (Å²) >= 11 is 0. The van der Waals surface area contributed by atoms with Crippen molar-refractivity contribution < 1.29 is 4.79 Å². The number of nitrogens with two attached hydrogens (primary N) is 1. The molecule has 1 aromatic carbocycles. The number of likely N-dealkylation sites (tertiary alicyclic amines) is 1.